The topological polar surface area (TPSA) is 72.2 Å². The van der Waals surface area contributed by atoms with E-state index in [0.29, 0.717) is 11.4 Å². The average molecular weight is 306 g/mol. The number of hydrogen-bond acceptors (Lipinski definition) is 3. The Labute approximate surface area is 124 Å². The van der Waals surface area contributed by atoms with Crippen molar-refractivity contribution in [2.45, 2.75) is 11.8 Å². The number of anilines is 2. The summed E-state index contributed by atoms with van der Waals surface area (Å²) < 4.78 is 25.1. The van der Waals surface area contributed by atoms with E-state index >= 15 is 0 Å². The van der Waals surface area contributed by atoms with E-state index in [1.54, 1.807) is 12.1 Å². The number of nitrogens with two attached hydrogens (primary N) is 1. The summed E-state index contributed by atoms with van der Waals surface area (Å²) in [5, 5.41) is 2.64. The zero-order valence-corrected chi connectivity index (χ0v) is 12.2. The van der Waals surface area contributed by atoms with Gasteiger partial charge in [0.2, 0.25) is 5.91 Å². The number of carbonyl (C=O) groups is 1. The Hall–Kier alpha value is -2.21. The molecule has 1 amide bonds. The minimum atomic E-state index is -1.60. The molecule has 3 N–H and O–H groups in total. The number of halogens is 1. The summed E-state index contributed by atoms with van der Waals surface area (Å²) in [5.41, 5.74) is 7.57. The summed E-state index contributed by atoms with van der Waals surface area (Å²) in [5.74, 6) is -1.17. The summed E-state index contributed by atoms with van der Waals surface area (Å²) in [6.07, 6.45) is 0. The van der Waals surface area contributed by atoms with Crippen LogP contribution in [0.15, 0.2) is 47.4 Å². The third kappa shape index (κ3) is 3.88. The SMILES string of the molecule is Cc1cccc(N)c1NC(=O)CS(=O)c1cccc(F)c1. The van der Waals surface area contributed by atoms with Gasteiger partial charge in [0, 0.05) is 4.90 Å². The van der Waals surface area contributed by atoms with Crippen molar-refractivity contribution < 1.29 is 13.4 Å². The summed E-state index contributed by atoms with van der Waals surface area (Å²) in [6, 6.07) is 10.7. The zero-order valence-electron chi connectivity index (χ0n) is 11.4. The van der Waals surface area contributed by atoms with Crippen LogP contribution in [0, 0.1) is 12.7 Å². The molecule has 1 unspecified atom stereocenters. The van der Waals surface area contributed by atoms with E-state index in [2.05, 4.69) is 5.32 Å². The number of aryl methyl sites for hydroxylation is 1. The molecule has 6 heteroatoms. The lowest BCUT2D eigenvalue weighted by Gasteiger charge is -2.11. The second kappa shape index (κ2) is 6.49. The summed E-state index contributed by atoms with van der Waals surface area (Å²) >= 11 is 0. The first-order chi connectivity index (χ1) is 9.97. The van der Waals surface area contributed by atoms with E-state index in [-0.39, 0.29) is 10.6 Å². The van der Waals surface area contributed by atoms with Gasteiger partial charge in [0.05, 0.1) is 22.2 Å². The Bertz CT molecular complexity index is 684. The van der Waals surface area contributed by atoms with Crippen molar-refractivity contribution in [3.8, 4) is 0 Å². The van der Waals surface area contributed by atoms with Crippen LogP contribution in [0.4, 0.5) is 15.8 Å². The molecule has 0 bridgehead atoms. The third-order valence-electron chi connectivity index (χ3n) is 2.89. The molecule has 0 radical (unpaired) electrons. The van der Waals surface area contributed by atoms with E-state index in [0.717, 1.165) is 11.6 Å². The van der Waals surface area contributed by atoms with Crippen molar-refractivity contribution >= 4 is 28.1 Å². The van der Waals surface area contributed by atoms with Crippen molar-refractivity contribution in [1.29, 1.82) is 0 Å². The van der Waals surface area contributed by atoms with E-state index < -0.39 is 22.5 Å². The van der Waals surface area contributed by atoms with Crippen molar-refractivity contribution in [3.05, 3.63) is 53.8 Å². The average Bonchev–Trinajstić information content (AvgIpc) is 2.43. The van der Waals surface area contributed by atoms with Gasteiger partial charge in [-0.05, 0) is 36.8 Å². The number of para-hydroxylation sites is 1. The molecular weight excluding hydrogens is 291 g/mol. The molecule has 0 aliphatic rings. The predicted octanol–water partition coefficient (Wildman–Crippen LogP) is 2.46. The van der Waals surface area contributed by atoms with Gasteiger partial charge in [-0.2, -0.15) is 0 Å². The molecule has 4 nitrogen and oxygen atoms in total. The predicted molar refractivity (Wildman–Crippen MR) is 81.9 cm³/mol. The van der Waals surface area contributed by atoms with Crippen LogP contribution < -0.4 is 11.1 Å². The van der Waals surface area contributed by atoms with Gasteiger partial charge in [-0.15, -0.1) is 0 Å². The summed E-state index contributed by atoms with van der Waals surface area (Å²) in [7, 11) is -1.60. The van der Waals surface area contributed by atoms with E-state index in [4.69, 9.17) is 5.73 Å². The van der Waals surface area contributed by atoms with Crippen LogP contribution in [0.5, 0.6) is 0 Å². The molecule has 110 valence electrons. The van der Waals surface area contributed by atoms with Crippen LogP contribution >= 0.6 is 0 Å². The molecule has 0 spiro atoms. The number of nitrogens with one attached hydrogen (secondary N) is 1. The second-order valence-corrected chi connectivity index (χ2v) is 5.99. The lowest BCUT2D eigenvalue weighted by molar-refractivity contribution is -0.113. The maximum Gasteiger partial charge on any atom is 0.237 e. The number of nitrogen functional groups attached to an aromatic ring is 1. The summed E-state index contributed by atoms with van der Waals surface area (Å²) in [4.78, 5) is 12.2. The van der Waals surface area contributed by atoms with Crippen molar-refractivity contribution in [2.75, 3.05) is 16.8 Å². The highest BCUT2D eigenvalue weighted by atomic mass is 32.2. The first-order valence-corrected chi connectivity index (χ1v) is 7.58. The number of hydrogen-bond donors (Lipinski definition) is 2. The number of amides is 1. The maximum absolute atomic E-state index is 13.1. The quantitative estimate of drug-likeness (QED) is 0.852. The standard InChI is InChI=1S/C15H15FN2O2S/c1-10-4-2-7-13(17)15(10)18-14(19)9-21(20)12-6-3-5-11(16)8-12/h2-8H,9,17H2,1H3,(H,18,19). The maximum atomic E-state index is 13.1. The zero-order chi connectivity index (χ0) is 15.4. The van der Waals surface area contributed by atoms with E-state index in [1.165, 1.54) is 18.2 Å². The van der Waals surface area contributed by atoms with Crippen LogP contribution in [0.25, 0.3) is 0 Å². The van der Waals surface area contributed by atoms with Crippen LogP contribution in [0.1, 0.15) is 5.56 Å². The van der Waals surface area contributed by atoms with E-state index in [9.17, 15) is 13.4 Å². The van der Waals surface area contributed by atoms with Crippen molar-refractivity contribution in [1.82, 2.24) is 0 Å². The lowest BCUT2D eigenvalue weighted by Crippen LogP contribution is -2.20. The summed E-state index contributed by atoms with van der Waals surface area (Å²) in [6.45, 7) is 1.81. The Kier molecular flexibility index (Phi) is 4.70. The van der Waals surface area contributed by atoms with Crippen LogP contribution in [0.2, 0.25) is 0 Å². The Morgan fingerprint density at radius 3 is 2.67 bits per heavy atom. The van der Waals surface area contributed by atoms with Gasteiger partial charge < -0.3 is 11.1 Å². The Morgan fingerprint density at radius 2 is 2.00 bits per heavy atom. The molecule has 1 atom stereocenters. The van der Waals surface area contributed by atoms with Crippen LogP contribution in [-0.2, 0) is 15.6 Å². The normalized spacial score (nSPS) is 11.9. The Balaban J connectivity index is 2.07. The fraction of sp³-hybridized carbons (Fsp3) is 0.133. The van der Waals surface area contributed by atoms with Gasteiger partial charge in [-0.25, -0.2) is 4.39 Å². The molecule has 21 heavy (non-hydrogen) atoms. The van der Waals surface area contributed by atoms with Gasteiger partial charge >= 0.3 is 0 Å². The van der Waals surface area contributed by atoms with Gasteiger partial charge in [0.25, 0.3) is 0 Å². The van der Waals surface area contributed by atoms with Crippen LogP contribution in [-0.4, -0.2) is 15.9 Å². The van der Waals surface area contributed by atoms with Crippen molar-refractivity contribution in [3.63, 3.8) is 0 Å². The Morgan fingerprint density at radius 1 is 1.29 bits per heavy atom. The molecule has 2 aromatic rings. The fourth-order valence-electron chi connectivity index (χ4n) is 1.85. The highest BCUT2D eigenvalue weighted by molar-refractivity contribution is 7.85. The number of carbonyl (C=O) groups excluding carboxylic acids is 1. The number of benzene rings is 2. The van der Waals surface area contributed by atoms with E-state index in [1.807, 2.05) is 13.0 Å². The molecule has 0 fully saturated rings. The minimum Gasteiger partial charge on any atom is -0.397 e. The lowest BCUT2D eigenvalue weighted by atomic mass is 10.1. The van der Waals surface area contributed by atoms with Crippen LogP contribution in [0.3, 0.4) is 0 Å². The molecule has 0 heterocycles. The molecule has 0 saturated carbocycles. The molecular formula is C15H15FN2O2S. The molecule has 0 saturated heterocycles. The smallest absolute Gasteiger partial charge is 0.237 e. The molecule has 0 aliphatic heterocycles. The second-order valence-electron chi connectivity index (χ2n) is 4.53. The van der Waals surface area contributed by atoms with Crippen molar-refractivity contribution in [2.24, 2.45) is 0 Å². The minimum absolute atomic E-state index is 0.253. The molecule has 2 rings (SSSR count). The first kappa shape index (κ1) is 15.2. The third-order valence-corrected chi connectivity index (χ3v) is 4.19. The van der Waals surface area contributed by atoms with Gasteiger partial charge in [0.1, 0.15) is 11.6 Å². The monoisotopic (exact) mass is 306 g/mol. The molecule has 0 aliphatic carbocycles. The highest BCUT2D eigenvalue weighted by Crippen LogP contribution is 2.22. The molecule has 0 aromatic heterocycles. The molecule has 2 aromatic carbocycles. The number of rotatable bonds is 4. The van der Waals surface area contributed by atoms with Gasteiger partial charge in [0.15, 0.2) is 0 Å². The largest absolute Gasteiger partial charge is 0.397 e. The van der Waals surface area contributed by atoms with Gasteiger partial charge in [-0.3, -0.25) is 9.00 Å². The first-order valence-electron chi connectivity index (χ1n) is 6.26. The highest BCUT2D eigenvalue weighted by Gasteiger charge is 2.13. The fourth-order valence-corrected chi connectivity index (χ4v) is 2.80. The van der Waals surface area contributed by atoms with Gasteiger partial charge in [-0.1, -0.05) is 18.2 Å².